The zero-order chi connectivity index (χ0) is 19.4. The number of hydrogen-bond donors (Lipinski definition) is 1. The number of benzene rings is 1. The number of aromatic amines is 1. The van der Waals surface area contributed by atoms with Gasteiger partial charge in [-0.05, 0) is 35.9 Å². The number of carbonyl (C=O) groups is 2. The maximum absolute atomic E-state index is 12.5. The number of H-pyrrole nitrogens is 1. The summed E-state index contributed by atoms with van der Waals surface area (Å²) in [4.78, 5) is 26.3. The largest absolute Gasteiger partial charge is 0.465 e. The molecule has 0 amide bonds. The summed E-state index contributed by atoms with van der Waals surface area (Å²) < 4.78 is 9.74. The number of allylic oxidation sites excluding steroid dienone is 2. The van der Waals surface area contributed by atoms with Crippen molar-refractivity contribution in [3.05, 3.63) is 59.5 Å². The third kappa shape index (κ3) is 3.47. The molecule has 9 nitrogen and oxygen atoms in total. The highest BCUT2D eigenvalue weighted by molar-refractivity contribution is 6.05. The molecule has 3 rings (SSSR count). The highest BCUT2D eigenvalue weighted by Crippen LogP contribution is 2.31. The summed E-state index contributed by atoms with van der Waals surface area (Å²) in [5.74, 6) is -0.909. The van der Waals surface area contributed by atoms with Crippen molar-refractivity contribution in [3.63, 3.8) is 0 Å². The molecule has 0 spiro atoms. The number of hydrogen-bond acceptors (Lipinski definition) is 8. The zero-order valence-corrected chi connectivity index (χ0v) is 15.0. The van der Waals surface area contributed by atoms with Crippen molar-refractivity contribution in [1.29, 1.82) is 0 Å². The Morgan fingerprint density at radius 3 is 2.56 bits per heavy atom. The third-order valence-electron chi connectivity index (χ3n) is 3.96. The van der Waals surface area contributed by atoms with E-state index in [1.54, 1.807) is 29.3 Å². The molecule has 2 heterocycles. The molecule has 2 aromatic rings. The molecule has 1 aliphatic heterocycles. The van der Waals surface area contributed by atoms with Crippen LogP contribution in [-0.4, -0.2) is 46.8 Å². The van der Waals surface area contributed by atoms with Crippen LogP contribution >= 0.6 is 0 Å². The minimum absolute atomic E-state index is 0.0442. The Labute approximate surface area is 155 Å². The molecular formula is C18H17N5O4. The minimum atomic E-state index is -0.670. The number of ether oxygens (including phenoxy) is 2. The molecule has 0 fully saturated rings. The van der Waals surface area contributed by atoms with Crippen molar-refractivity contribution in [2.24, 2.45) is 0 Å². The highest BCUT2D eigenvalue weighted by atomic mass is 16.5. The van der Waals surface area contributed by atoms with Crippen molar-refractivity contribution in [3.8, 4) is 11.4 Å². The fraction of sp³-hybridized carbons (Fsp3) is 0.167. The van der Waals surface area contributed by atoms with Gasteiger partial charge < -0.3 is 14.4 Å². The van der Waals surface area contributed by atoms with Gasteiger partial charge in [-0.1, -0.05) is 18.2 Å². The summed E-state index contributed by atoms with van der Waals surface area (Å²) in [6.45, 7) is 1.88. The van der Waals surface area contributed by atoms with Crippen LogP contribution in [0.4, 0.5) is 5.69 Å². The van der Waals surface area contributed by atoms with E-state index < -0.39 is 11.9 Å². The molecule has 0 saturated carbocycles. The molecule has 1 aromatic carbocycles. The van der Waals surface area contributed by atoms with Crippen LogP contribution in [0.5, 0.6) is 0 Å². The lowest BCUT2D eigenvalue weighted by Gasteiger charge is -2.25. The van der Waals surface area contributed by atoms with E-state index in [4.69, 9.17) is 9.47 Å². The molecule has 0 bridgehead atoms. The average molecular weight is 367 g/mol. The first kappa shape index (κ1) is 18.1. The average Bonchev–Trinajstić information content (AvgIpc) is 3.13. The van der Waals surface area contributed by atoms with Gasteiger partial charge in [0.05, 0.1) is 19.8 Å². The molecule has 1 aromatic heterocycles. The predicted molar refractivity (Wildman–Crippen MR) is 96.2 cm³/mol. The number of carbonyl (C=O) groups excluding carboxylic acids is 2. The van der Waals surface area contributed by atoms with Crippen molar-refractivity contribution in [1.82, 2.24) is 20.6 Å². The zero-order valence-electron chi connectivity index (χ0n) is 15.0. The molecule has 0 aliphatic carbocycles. The van der Waals surface area contributed by atoms with Crippen LogP contribution in [0.25, 0.3) is 11.4 Å². The molecule has 0 saturated heterocycles. The number of aryl methyl sites for hydroxylation is 1. The van der Waals surface area contributed by atoms with Gasteiger partial charge in [0.2, 0.25) is 5.82 Å². The molecule has 138 valence electrons. The molecule has 0 radical (unpaired) electrons. The number of anilines is 1. The van der Waals surface area contributed by atoms with Gasteiger partial charge in [-0.3, -0.25) is 0 Å². The normalized spacial score (nSPS) is 13.5. The first-order valence-electron chi connectivity index (χ1n) is 7.96. The number of nitrogens with zero attached hydrogens (tertiary/aromatic N) is 4. The van der Waals surface area contributed by atoms with Crippen LogP contribution in [0.1, 0.15) is 5.56 Å². The molecular weight excluding hydrogens is 350 g/mol. The van der Waals surface area contributed by atoms with E-state index in [-0.39, 0.29) is 11.3 Å². The van der Waals surface area contributed by atoms with Gasteiger partial charge in [0.15, 0.2) is 0 Å². The van der Waals surface area contributed by atoms with Crippen molar-refractivity contribution in [2.45, 2.75) is 6.92 Å². The SMILES string of the molecule is COC(=O)C1=C(C(=O)OC)N(c2cc(-c3nn[nH]n3)ccc2C)C=CC=C1. The van der Waals surface area contributed by atoms with Gasteiger partial charge in [0.25, 0.3) is 0 Å². The minimum Gasteiger partial charge on any atom is -0.465 e. The van der Waals surface area contributed by atoms with Crippen LogP contribution in [0.15, 0.2) is 53.9 Å². The Bertz CT molecular complexity index is 960. The molecule has 9 heteroatoms. The van der Waals surface area contributed by atoms with Crippen LogP contribution in [0.3, 0.4) is 0 Å². The second kappa shape index (κ2) is 7.65. The maximum Gasteiger partial charge on any atom is 0.355 e. The molecule has 27 heavy (non-hydrogen) atoms. The van der Waals surface area contributed by atoms with E-state index in [1.807, 2.05) is 19.1 Å². The van der Waals surface area contributed by atoms with Gasteiger partial charge >= 0.3 is 11.9 Å². The summed E-state index contributed by atoms with van der Waals surface area (Å²) in [5, 5.41) is 13.9. The molecule has 1 aliphatic rings. The Kier molecular flexibility index (Phi) is 5.11. The third-order valence-corrected chi connectivity index (χ3v) is 3.96. The fourth-order valence-electron chi connectivity index (χ4n) is 2.64. The summed E-state index contributed by atoms with van der Waals surface area (Å²) in [6, 6.07) is 5.50. The lowest BCUT2D eigenvalue weighted by molar-refractivity contribution is -0.139. The number of nitrogens with one attached hydrogen (secondary N) is 1. The van der Waals surface area contributed by atoms with Crippen LogP contribution in [-0.2, 0) is 19.1 Å². The van der Waals surface area contributed by atoms with E-state index in [1.165, 1.54) is 20.3 Å². The van der Waals surface area contributed by atoms with Gasteiger partial charge in [-0.15, -0.1) is 10.2 Å². The van der Waals surface area contributed by atoms with Crippen molar-refractivity contribution in [2.75, 3.05) is 19.1 Å². The summed E-state index contributed by atoms with van der Waals surface area (Å²) in [7, 11) is 2.51. The van der Waals surface area contributed by atoms with Crippen LogP contribution in [0.2, 0.25) is 0 Å². The highest BCUT2D eigenvalue weighted by Gasteiger charge is 2.28. The Hall–Kier alpha value is -3.75. The number of aromatic nitrogens is 4. The van der Waals surface area contributed by atoms with E-state index in [2.05, 4.69) is 20.6 Å². The number of esters is 2. The van der Waals surface area contributed by atoms with E-state index in [9.17, 15) is 9.59 Å². The number of methoxy groups -OCH3 is 2. The Morgan fingerprint density at radius 2 is 1.89 bits per heavy atom. The lowest BCUT2D eigenvalue weighted by Crippen LogP contribution is -2.27. The first-order valence-corrected chi connectivity index (χ1v) is 7.96. The van der Waals surface area contributed by atoms with E-state index in [0.717, 1.165) is 5.56 Å². The molecule has 1 N–H and O–H groups in total. The van der Waals surface area contributed by atoms with Gasteiger partial charge in [0, 0.05) is 17.5 Å². The summed E-state index contributed by atoms with van der Waals surface area (Å²) in [5.41, 5.74) is 2.33. The van der Waals surface area contributed by atoms with Crippen molar-refractivity contribution < 1.29 is 19.1 Å². The van der Waals surface area contributed by atoms with Gasteiger partial charge in [0.1, 0.15) is 5.70 Å². The predicted octanol–water partition coefficient (Wildman–Crippen LogP) is 1.67. The molecule has 0 unspecified atom stereocenters. The maximum atomic E-state index is 12.5. The second-order valence-electron chi connectivity index (χ2n) is 5.55. The van der Waals surface area contributed by atoms with Crippen LogP contribution in [0, 0.1) is 6.92 Å². The lowest BCUT2D eigenvalue weighted by atomic mass is 10.1. The van der Waals surface area contributed by atoms with Gasteiger partial charge in [-0.2, -0.15) is 5.21 Å². The second-order valence-corrected chi connectivity index (χ2v) is 5.55. The monoisotopic (exact) mass is 367 g/mol. The number of tetrazole rings is 1. The van der Waals surface area contributed by atoms with E-state index >= 15 is 0 Å². The smallest absolute Gasteiger partial charge is 0.355 e. The Morgan fingerprint density at radius 1 is 1.11 bits per heavy atom. The van der Waals surface area contributed by atoms with Crippen LogP contribution < -0.4 is 4.90 Å². The fourth-order valence-corrected chi connectivity index (χ4v) is 2.64. The first-order chi connectivity index (χ1) is 13.1. The molecule has 0 atom stereocenters. The van der Waals surface area contributed by atoms with Gasteiger partial charge in [-0.25, -0.2) is 9.59 Å². The number of rotatable bonds is 4. The van der Waals surface area contributed by atoms with E-state index in [0.29, 0.717) is 17.1 Å². The summed E-state index contributed by atoms with van der Waals surface area (Å²) >= 11 is 0. The summed E-state index contributed by atoms with van der Waals surface area (Å²) in [6.07, 6.45) is 6.53. The Balaban J connectivity index is 2.20. The standard InChI is InChI=1S/C18H17N5O4/c1-11-7-8-12(16-19-21-22-20-16)10-14(11)23-9-5-4-6-13(17(24)26-2)15(23)18(25)27-3/h4-10H,1-3H3,(H,19,20,21,22). The topological polar surface area (TPSA) is 110 Å². The van der Waals surface area contributed by atoms with Crippen molar-refractivity contribution >= 4 is 17.6 Å². The quantitative estimate of drug-likeness (QED) is 0.813.